The van der Waals surface area contributed by atoms with Crippen LogP contribution in [-0.2, 0) is 10.5 Å². The summed E-state index contributed by atoms with van der Waals surface area (Å²) >= 11 is 1.51. The molecule has 0 aliphatic heterocycles. The van der Waals surface area contributed by atoms with Gasteiger partial charge in [0.25, 0.3) is 0 Å². The van der Waals surface area contributed by atoms with Crippen molar-refractivity contribution < 1.29 is 14.1 Å². The van der Waals surface area contributed by atoms with Crippen LogP contribution in [0, 0.1) is 0 Å². The van der Waals surface area contributed by atoms with Crippen molar-refractivity contribution >= 4 is 17.7 Å². The average molecular weight is 375 g/mol. The molecule has 3 rings (SSSR count). The Morgan fingerprint density at radius 3 is 2.92 bits per heavy atom. The first-order valence-electron chi connectivity index (χ1n) is 8.98. The first kappa shape index (κ1) is 18.8. The van der Waals surface area contributed by atoms with Gasteiger partial charge in [-0.25, -0.2) is 0 Å². The van der Waals surface area contributed by atoms with Crippen LogP contribution < -0.4 is 4.74 Å². The maximum Gasteiger partial charge on any atom is 0.236 e. The van der Waals surface area contributed by atoms with E-state index in [4.69, 9.17) is 9.26 Å². The fourth-order valence-electron chi connectivity index (χ4n) is 3.19. The van der Waals surface area contributed by atoms with Crippen molar-refractivity contribution in [3.05, 3.63) is 30.2 Å². The van der Waals surface area contributed by atoms with Crippen molar-refractivity contribution in [2.45, 2.75) is 43.9 Å². The molecular weight excluding hydrogens is 350 g/mol. The van der Waals surface area contributed by atoms with Crippen LogP contribution in [0.3, 0.4) is 0 Å². The van der Waals surface area contributed by atoms with Gasteiger partial charge in [0.05, 0.1) is 18.6 Å². The van der Waals surface area contributed by atoms with Crippen molar-refractivity contribution in [3.8, 4) is 17.1 Å². The summed E-state index contributed by atoms with van der Waals surface area (Å²) in [4.78, 5) is 18.7. The second kappa shape index (κ2) is 9.07. The lowest BCUT2D eigenvalue weighted by molar-refractivity contribution is -0.129. The van der Waals surface area contributed by atoms with Crippen LogP contribution in [0.2, 0.25) is 0 Å². The first-order valence-corrected chi connectivity index (χ1v) is 10.1. The number of carbonyl (C=O) groups excluding carboxylic acids is 1. The fourth-order valence-corrected chi connectivity index (χ4v) is 3.96. The van der Waals surface area contributed by atoms with E-state index >= 15 is 0 Å². The molecule has 1 heterocycles. The molecule has 1 amide bonds. The lowest BCUT2D eigenvalue weighted by atomic mass is 9.94. The van der Waals surface area contributed by atoms with E-state index in [1.807, 2.05) is 36.2 Å². The molecule has 1 aliphatic rings. The fraction of sp³-hybridized carbons (Fsp3) is 0.526. The number of thioether (sulfide) groups is 1. The Kier molecular flexibility index (Phi) is 6.55. The Hall–Kier alpha value is -2.02. The number of amides is 1. The van der Waals surface area contributed by atoms with Crippen LogP contribution in [0.25, 0.3) is 11.4 Å². The van der Waals surface area contributed by atoms with Gasteiger partial charge in [0, 0.05) is 18.7 Å². The van der Waals surface area contributed by atoms with Crippen molar-refractivity contribution in [1.29, 1.82) is 0 Å². The molecule has 1 fully saturated rings. The van der Waals surface area contributed by atoms with Gasteiger partial charge in [-0.15, -0.1) is 11.8 Å². The lowest BCUT2D eigenvalue weighted by Crippen LogP contribution is -2.39. The van der Waals surface area contributed by atoms with Crippen molar-refractivity contribution in [3.63, 3.8) is 0 Å². The monoisotopic (exact) mass is 375 g/mol. The Bertz CT molecular complexity index is 728. The summed E-state index contributed by atoms with van der Waals surface area (Å²) in [5.41, 5.74) is 0.845. The van der Waals surface area contributed by atoms with Gasteiger partial charge < -0.3 is 14.2 Å². The molecule has 0 atom stereocenters. The third-order valence-corrected chi connectivity index (χ3v) is 5.67. The summed E-state index contributed by atoms with van der Waals surface area (Å²) in [5.74, 6) is 2.95. The number of rotatable bonds is 7. The van der Waals surface area contributed by atoms with Crippen LogP contribution in [0.4, 0.5) is 0 Å². The zero-order valence-electron chi connectivity index (χ0n) is 15.3. The molecule has 1 saturated carbocycles. The van der Waals surface area contributed by atoms with Gasteiger partial charge >= 0.3 is 0 Å². The second-order valence-corrected chi connectivity index (χ2v) is 7.52. The van der Waals surface area contributed by atoms with Gasteiger partial charge in [-0.05, 0) is 25.0 Å². The quantitative estimate of drug-likeness (QED) is 0.734. The Morgan fingerprint density at radius 1 is 1.35 bits per heavy atom. The molecule has 1 aromatic heterocycles. The van der Waals surface area contributed by atoms with E-state index in [2.05, 4.69) is 10.1 Å². The van der Waals surface area contributed by atoms with Crippen molar-refractivity contribution in [2.75, 3.05) is 19.9 Å². The Labute approximate surface area is 158 Å². The van der Waals surface area contributed by atoms with Gasteiger partial charge in [-0.3, -0.25) is 4.79 Å². The van der Waals surface area contributed by atoms with E-state index in [1.54, 1.807) is 7.11 Å². The second-order valence-electron chi connectivity index (χ2n) is 6.53. The normalized spacial score (nSPS) is 15.0. The molecule has 0 radical (unpaired) electrons. The third kappa shape index (κ3) is 4.78. The van der Waals surface area contributed by atoms with Crippen LogP contribution in [0.15, 0.2) is 28.8 Å². The summed E-state index contributed by atoms with van der Waals surface area (Å²) in [5, 5.41) is 4.02. The largest absolute Gasteiger partial charge is 0.497 e. The molecule has 7 heteroatoms. The number of carbonyl (C=O) groups is 1. The number of benzene rings is 1. The number of methoxy groups -OCH3 is 1. The number of ether oxygens (including phenoxy) is 1. The van der Waals surface area contributed by atoms with E-state index in [9.17, 15) is 4.79 Å². The smallest absolute Gasteiger partial charge is 0.236 e. The van der Waals surface area contributed by atoms with E-state index in [-0.39, 0.29) is 5.91 Å². The van der Waals surface area contributed by atoms with Crippen molar-refractivity contribution in [1.82, 2.24) is 15.0 Å². The van der Waals surface area contributed by atoms with Gasteiger partial charge in [-0.1, -0.05) is 36.6 Å². The molecule has 6 nitrogen and oxygen atoms in total. The van der Waals surface area contributed by atoms with Crippen LogP contribution in [0.1, 0.15) is 38.0 Å². The van der Waals surface area contributed by atoms with E-state index < -0.39 is 0 Å². The highest BCUT2D eigenvalue weighted by Gasteiger charge is 2.22. The maximum atomic E-state index is 12.4. The summed E-state index contributed by atoms with van der Waals surface area (Å²) in [7, 11) is 3.55. The molecular formula is C19H25N3O3S. The highest BCUT2D eigenvalue weighted by atomic mass is 32.2. The highest BCUT2D eigenvalue weighted by Crippen LogP contribution is 2.24. The minimum atomic E-state index is 0.175. The van der Waals surface area contributed by atoms with Gasteiger partial charge in [0.15, 0.2) is 0 Å². The summed E-state index contributed by atoms with van der Waals surface area (Å²) in [6, 6.07) is 7.94. The van der Waals surface area contributed by atoms with E-state index in [0.717, 1.165) is 24.2 Å². The Balaban J connectivity index is 1.49. The van der Waals surface area contributed by atoms with E-state index in [1.165, 1.54) is 31.0 Å². The minimum Gasteiger partial charge on any atom is -0.497 e. The molecule has 2 aromatic rings. The summed E-state index contributed by atoms with van der Waals surface area (Å²) < 4.78 is 10.5. The number of hydrogen-bond donors (Lipinski definition) is 0. The van der Waals surface area contributed by atoms with Gasteiger partial charge in [0.2, 0.25) is 17.6 Å². The summed E-state index contributed by atoms with van der Waals surface area (Å²) in [6.07, 6.45) is 6.00. The van der Waals surface area contributed by atoms with E-state index in [0.29, 0.717) is 29.3 Å². The number of aromatic nitrogens is 2. The highest BCUT2D eigenvalue weighted by molar-refractivity contribution is 7.99. The zero-order valence-corrected chi connectivity index (χ0v) is 16.1. The molecule has 0 N–H and O–H groups in total. The standard InChI is InChI=1S/C19H25N3O3S/c1-22(15-8-4-3-5-9-15)18(23)13-26-12-17-20-19(21-25-17)14-7-6-10-16(11-14)24-2/h6-7,10-11,15H,3-5,8-9,12-13H2,1-2H3. The van der Waals surface area contributed by atoms with Crippen LogP contribution in [0.5, 0.6) is 5.75 Å². The maximum absolute atomic E-state index is 12.4. The molecule has 26 heavy (non-hydrogen) atoms. The predicted octanol–water partition coefficient (Wildman–Crippen LogP) is 3.77. The van der Waals surface area contributed by atoms with Crippen molar-refractivity contribution in [2.24, 2.45) is 0 Å². The molecule has 0 saturated heterocycles. The van der Waals surface area contributed by atoms with Crippen LogP contribution >= 0.6 is 11.8 Å². The topological polar surface area (TPSA) is 68.5 Å². The molecule has 0 bridgehead atoms. The van der Waals surface area contributed by atoms with Crippen LogP contribution in [-0.4, -0.2) is 46.9 Å². The SMILES string of the molecule is COc1cccc(-c2noc(CSCC(=O)N(C)C3CCCCC3)n2)c1. The molecule has 0 spiro atoms. The molecule has 1 aliphatic carbocycles. The lowest BCUT2D eigenvalue weighted by Gasteiger charge is -2.31. The van der Waals surface area contributed by atoms with Gasteiger partial charge in [0.1, 0.15) is 5.75 Å². The number of nitrogens with zero attached hydrogens (tertiary/aromatic N) is 3. The molecule has 140 valence electrons. The number of hydrogen-bond acceptors (Lipinski definition) is 6. The first-order chi connectivity index (χ1) is 12.7. The average Bonchev–Trinajstić information content (AvgIpc) is 3.17. The van der Waals surface area contributed by atoms with Gasteiger partial charge in [-0.2, -0.15) is 4.98 Å². The predicted molar refractivity (Wildman–Crippen MR) is 102 cm³/mol. The third-order valence-electron chi connectivity index (χ3n) is 4.76. The molecule has 0 unspecified atom stereocenters. The zero-order chi connectivity index (χ0) is 18.4. The molecule has 1 aromatic carbocycles. The minimum absolute atomic E-state index is 0.175. The Morgan fingerprint density at radius 2 is 2.15 bits per heavy atom. The summed E-state index contributed by atoms with van der Waals surface area (Å²) in [6.45, 7) is 0.